The Kier molecular flexibility index (Phi) is 1.14. The Hall–Kier alpha value is -1.16. The third kappa shape index (κ3) is 1.05. The Morgan fingerprint density at radius 3 is 2.73 bits per heavy atom. The van der Waals surface area contributed by atoms with E-state index >= 15 is 0 Å². The zero-order chi connectivity index (χ0) is 7.90. The number of nitrogens with zero attached hydrogens (tertiary/aromatic N) is 2. The fourth-order valence-corrected chi connectivity index (χ4v) is 0.971. The standard InChI is InChI=1S/C7H10N4/c8-5-1-4-10-6(11-5)7(9)2-3-7/h1,4H,2-3,9H2,(H2,8,10,11). The molecule has 58 valence electrons. The van der Waals surface area contributed by atoms with E-state index in [9.17, 15) is 0 Å². The number of anilines is 1. The third-order valence-corrected chi connectivity index (χ3v) is 1.91. The highest BCUT2D eigenvalue weighted by atomic mass is 15.0. The minimum Gasteiger partial charge on any atom is -0.384 e. The molecule has 1 aromatic heterocycles. The summed E-state index contributed by atoms with van der Waals surface area (Å²) in [6, 6.07) is 1.66. The lowest BCUT2D eigenvalue weighted by molar-refractivity contribution is 0.674. The SMILES string of the molecule is Nc1ccnc(C2(N)CC2)n1. The van der Waals surface area contributed by atoms with Gasteiger partial charge in [-0.2, -0.15) is 0 Å². The van der Waals surface area contributed by atoms with Crippen molar-refractivity contribution in [2.24, 2.45) is 5.73 Å². The van der Waals surface area contributed by atoms with Gasteiger partial charge in [-0.3, -0.25) is 0 Å². The summed E-state index contributed by atoms with van der Waals surface area (Å²) in [7, 11) is 0. The molecule has 1 aromatic rings. The molecular formula is C7H10N4. The van der Waals surface area contributed by atoms with Gasteiger partial charge in [-0.25, -0.2) is 9.97 Å². The van der Waals surface area contributed by atoms with Crippen LogP contribution in [-0.2, 0) is 5.54 Å². The molecule has 0 aromatic carbocycles. The maximum Gasteiger partial charge on any atom is 0.150 e. The highest BCUT2D eigenvalue weighted by molar-refractivity contribution is 5.28. The van der Waals surface area contributed by atoms with Crippen LogP contribution in [0.4, 0.5) is 5.82 Å². The third-order valence-electron chi connectivity index (χ3n) is 1.91. The molecule has 1 heterocycles. The number of hydrogen-bond acceptors (Lipinski definition) is 4. The Balaban J connectivity index is 2.38. The molecule has 4 nitrogen and oxygen atoms in total. The van der Waals surface area contributed by atoms with Gasteiger partial charge < -0.3 is 11.5 Å². The molecule has 2 rings (SSSR count). The van der Waals surface area contributed by atoms with Crippen LogP contribution in [0.15, 0.2) is 12.3 Å². The van der Waals surface area contributed by atoms with Gasteiger partial charge in [-0.05, 0) is 18.9 Å². The molecule has 0 radical (unpaired) electrons. The van der Waals surface area contributed by atoms with Gasteiger partial charge in [0.05, 0.1) is 5.54 Å². The Bertz CT molecular complexity index is 280. The van der Waals surface area contributed by atoms with Crippen molar-refractivity contribution in [1.29, 1.82) is 0 Å². The molecular weight excluding hydrogens is 140 g/mol. The summed E-state index contributed by atoms with van der Waals surface area (Å²) in [6.45, 7) is 0. The van der Waals surface area contributed by atoms with Crippen LogP contribution in [0.25, 0.3) is 0 Å². The predicted octanol–water partition coefficient (Wildman–Crippen LogP) is 0.00660. The topological polar surface area (TPSA) is 77.8 Å². The van der Waals surface area contributed by atoms with E-state index in [0.29, 0.717) is 11.6 Å². The second kappa shape index (κ2) is 1.92. The molecule has 1 aliphatic carbocycles. The van der Waals surface area contributed by atoms with E-state index in [1.165, 1.54) is 0 Å². The lowest BCUT2D eigenvalue weighted by Gasteiger charge is -2.05. The minimum absolute atomic E-state index is 0.268. The molecule has 11 heavy (non-hydrogen) atoms. The van der Waals surface area contributed by atoms with Crippen LogP contribution in [0.5, 0.6) is 0 Å². The van der Waals surface area contributed by atoms with Gasteiger partial charge in [-0.15, -0.1) is 0 Å². The van der Waals surface area contributed by atoms with Crippen molar-refractivity contribution in [3.05, 3.63) is 18.1 Å². The zero-order valence-corrected chi connectivity index (χ0v) is 6.12. The number of rotatable bonds is 1. The van der Waals surface area contributed by atoms with Gasteiger partial charge in [0, 0.05) is 6.20 Å². The summed E-state index contributed by atoms with van der Waals surface area (Å²) in [4.78, 5) is 8.11. The summed E-state index contributed by atoms with van der Waals surface area (Å²) in [5, 5.41) is 0. The van der Waals surface area contributed by atoms with E-state index in [2.05, 4.69) is 9.97 Å². The monoisotopic (exact) mass is 150 g/mol. The molecule has 4 heteroatoms. The van der Waals surface area contributed by atoms with Crippen LogP contribution >= 0.6 is 0 Å². The summed E-state index contributed by atoms with van der Waals surface area (Å²) >= 11 is 0. The van der Waals surface area contributed by atoms with Crippen LogP contribution in [0.2, 0.25) is 0 Å². The number of hydrogen-bond donors (Lipinski definition) is 2. The van der Waals surface area contributed by atoms with Crippen molar-refractivity contribution < 1.29 is 0 Å². The fourth-order valence-electron chi connectivity index (χ4n) is 0.971. The summed E-state index contributed by atoms with van der Waals surface area (Å²) in [6.07, 6.45) is 3.58. The number of aromatic nitrogens is 2. The van der Waals surface area contributed by atoms with Gasteiger partial charge in [-0.1, -0.05) is 0 Å². The first-order valence-electron chi connectivity index (χ1n) is 3.59. The van der Waals surface area contributed by atoms with Gasteiger partial charge in [0.1, 0.15) is 11.6 Å². The van der Waals surface area contributed by atoms with Crippen molar-refractivity contribution in [2.75, 3.05) is 5.73 Å². The van der Waals surface area contributed by atoms with E-state index in [1.807, 2.05) is 0 Å². The van der Waals surface area contributed by atoms with Crippen molar-refractivity contribution in [3.8, 4) is 0 Å². The number of nitrogen functional groups attached to an aromatic ring is 1. The second-order valence-electron chi connectivity index (χ2n) is 2.96. The van der Waals surface area contributed by atoms with Crippen LogP contribution in [-0.4, -0.2) is 9.97 Å². The molecule has 0 unspecified atom stereocenters. The number of nitrogens with two attached hydrogens (primary N) is 2. The zero-order valence-electron chi connectivity index (χ0n) is 6.12. The summed E-state index contributed by atoms with van der Waals surface area (Å²) < 4.78 is 0. The lowest BCUT2D eigenvalue weighted by atomic mass is 10.3. The molecule has 0 saturated heterocycles. The van der Waals surface area contributed by atoms with E-state index in [-0.39, 0.29) is 5.54 Å². The van der Waals surface area contributed by atoms with E-state index < -0.39 is 0 Å². The normalized spacial score (nSPS) is 19.7. The van der Waals surface area contributed by atoms with Gasteiger partial charge >= 0.3 is 0 Å². The van der Waals surface area contributed by atoms with Crippen molar-refractivity contribution >= 4 is 5.82 Å². The minimum atomic E-state index is -0.268. The molecule has 0 amide bonds. The predicted molar refractivity (Wildman–Crippen MR) is 41.5 cm³/mol. The maximum atomic E-state index is 5.86. The maximum absolute atomic E-state index is 5.86. The van der Waals surface area contributed by atoms with E-state index in [0.717, 1.165) is 12.8 Å². The largest absolute Gasteiger partial charge is 0.384 e. The van der Waals surface area contributed by atoms with E-state index in [1.54, 1.807) is 12.3 Å². The van der Waals surface area contributed by atoms with Crippen LogP contribution < -0.4 is 11.5 Å². The van der Waals surface area contributed by atoms with Crippen LogP contribution in [0.3, 0.4) is 0 Å². The highest BCUT2D eigenvalue weighted by Gasteiger charge is 2.42. The van der Waals surface area contributed by atoms with Gasteiger partial charge in [0.25, 0.3) is 0 Å². The van der Waals surface area contributed by atoms with Crippen molar-refractivity contribution in [1.82, 2.24) is 9.97 Å². The first-order chi connectivity index (χ1) is 5.21. The Morgan fingerprint density at radius 2 is 2.18 bits per heavy atom. The quantitative estimate of drug-likeness (QED) is 0.591. The average molecular weight is 150 g/mol. The van der Waals surface area contributed by atoms with E-state index in [4.69, 9.17) is 11.5 Å². The molecule has 0 atom stereocenters. The summed E-state index contributed by atoms with van der Waals surface area (Å²) in [5.74, 6) is 1.17. The Labute approximate surface area is 64.6 Å². The molecule has 1 aliphatic rings. The lowest BCUT2D eigenvalue weighted by Crippen LogP contribution is -2.22. The van der Waals surface area contributed by atoms with Crippen LogP contribution in [0, 0.1) is 0 Å². The van der Waals surface area contributed by atoms with Crippen molar-refractivity contribution in [3.63, 3.8) is 0 Å². The van der Waals surface area contributed by atoms with Gasteiger partial charge in [0.15, 0.2) is 0 Å². The molecule has 1 saturated carbocycles. The highest BCUT2D eigenvalue weighted by Crippen LogP contribution is 2.40. The molecule has 0 spiro atoms. The molecule has 0 aliphatic heterocycles. The first kappa shape index (κ1) is 6.54. The second-order valence-corrected chi connectivity index (χ2v) is 2.96. The van der Waals surface area contributed by atoms with Crippen molar-refractivity contribution in [2.45, 2.75) is 18.4 Å². The van der Waals surface area contributed by atoms with Gasteiger partial charge in [0.2, 0.25) is 0 Å². The average Bonchev–Trinajstić information content (AvgIpc) is 2.70. The fraction of sp³-hybridized carbons (Fsp3) is 0.429. The smallest absolute Gasteiger partial charge is 0.150 e. The Morgan fingerprint density at radius 1 is 1.45 bits per heavy atom. The van der Waals surface area contributed by atoms with Crippen LogP contribution in [0.1, 0.15) is 18.7 Å². The summed E-state index contributed by atoms with van der Waals surface area (Å²) in [5.41, 5.74) is 11.1. The molecule has 1 fully saturated rings. The molecule has 0 bridgehead atoms. The first-order valence-corrected chi connectivity index (χ1v) is 3.59. The molecule has 4 N–H and O–H groups in total.